The second-order valence-electron chi connectivity index (χ2n) is 5.30. The Labute approximate surface area is 119 Å². The van der Waals surface area contributed by atoms with E-state index in [9.17, 15) is 4.79 Å². The van der Waals surface area contributed by atoms with E-state index in [1.54, 1.807) is 0 Å². The van der Waals surface area contributed by atoms with Crippen LogP contribution in [0.15, 0.2) is 24.4 Å². The number of hydrogen-bond acceptors (Lipinski definition) is 3. The standard InChI is InChI=1S/C16H22N2O2/c1-4-5-16(19)20-13-6-7-14-12(8-9-18(2)3)11-17-15(14)10-13/h6-7,10-11,17H,4-5,8-9H2,1-3H3. The Morgan fingerprint density at radius 2 is 2.15 bits per heavy atom. The molecule has 0 unspecified atom stereocenters. The highest BCUT2D eigenvalue weighted by Crippen LogP contribution is 2.24. The Balaban J connectivity index is 2.13. The zero-order valence-corrected chi connectivity index (χ0v) is 12.4. The second kappa shape index (κ2) is 6.57. The normalized spacial score (nSPS) is 11.2. The van der Waals surface area contributed by atoms with Crippen LogP contribution in [0.2, 0.25) is 0 Å². The van der Waals surface area contributed by atoms with Crippen LogP contribution in [-0.4, -0.2) is 36.5 Å². The summed E-state index contributed by atoms with van der Waals surface area (Å²) in [6.07, 6.45) is 4.29. The molecule has 0 spiro atoms. The monoisotopic (exact) mass is 274 g/mol. The molecular formula is C16H22N2O2. The number of nitrogens with zero attached hydrogens (tertiary/aromatic N) is 1. The van der Waals surface area contributed by atoms with Crippen molar-refractivity contribution in [3.63, 3.8) is 0 Å². The molecule has 1 aromatic carbocycles. The average molecular weight is 274 g/mol. The summed E-state index contributed by atoms with van der Waals surface area (Å²) >= 11 is 0. The fraction of sp³-hybridized carbons (Fsp3) is 0.438. The third kappa shape index (κ3) is 3.61. The quantitative estimate of drug-likeness (QED) is 0.650. The highest BCUT2D eigenvalue weighted by Gasteiger charge is 2.08. The highest BCUT2D eigenvalue weighted by atomic mass is 16.5. The smallest absolute Gasteiger partial charge is 0.311 e. The first-order valence-corrected chi connectivity index (χ1v) is 7.05. The van der Waals surface area contributed by atoms with Crippen molar-refractivity contribution >= 4 is 16.9 Å². The molecule has 0 aliphatic rings. The van der Waals surface area contributed by atoms with Gasteiger partial charge < -0.3 is 14.6 Å². The number of hydrogen-bond donors (Lipinski definition) is 1. The Hall–Kier alpha value is -1.81. The molecule has 4 heteroatoms. The fourth-order valence-electron chi connectivity index (χ4n) is 2.17. The number of rotatable bonds is 6. The number of aromatic nitrogens is 1. The maximum absolute atomic E-state index is 11.5. The Morgan fingerprint density at radius 1 is 1.35 bits per heavy atom. The third-order valence-corrected chi connectivity index (χ3v) is 3.25. The van der Waals surface area contributed by atoms with Gasteiger partial charge in [0.1, 0.15) is 5.75 Å². The van der Waals surface area contributed by atoms with E-state index in [1.165, 1.54) is 10.9 Å². The molecule has 0 aliphatic carbocycles. The number of carbonyl (C=O) groups is 1. The molecule has 4 nitrogen and oxygen atoms in total. The van der Waals surface area contributed by atoms with Crippen LogP contribution in [0.25, 0.3) is 10.9 Å². The maximum Gasteiger partial charge on any atom is 0.311 e. The molecule has 0 atom stereocenters. The Kier molecular flexibility index (Phi) is 4.79. The van der Waals surface area contributed by atoms with E-state index in [2.05, 4.69) is 24.0 Å². The average Bonchev–Trinajstić information content (AvgIpc) is 2.79. The maximum atomic E-state index is 11.5. The number of benzene rings is 1. The van der Waals surface area contributed by atoms with Crippen molar-refractivity contribution in [2.75, 3.05) is 20.6 Å². The van der Waals surface area contributed by atoms with Gasteiger partial charge in [-0.25, -0.2) is 0 Å². The van der Waals surface area contributed by atoms with Gasteiger partial charge in [0.05, 0.1) is 0 Å². The van der Waals surface area contributed by atoms with Gasteiger partial charge in [-0.2, -0.15) is 0 Å². The summed E-state index contributed by atoms with van der Waals surface area (Å²) in [5.41, 5.74) is 2.31. The molecule has 0 saturated carbocycles. The van der Waals surface area contributed by atoms with E-state index >= 15 is 0 Å². The van der Waals surface area contributed by atoms with Gasteiger partial charge in [0, 0.05) is 36.1 Å². The molecule has 108 valence electrons. The molecule has 0 bridgehead atoms. The van der Waals surface area contributed by atoms with Gasteiger partial charge in [-0.05, 0) is 44.6 Å². The van der Waals surface area contributed by atoms with Gasteiger partial charge in [0.15, 0.2) is 0 Å². The van der Waals surface area contributed by atoms with Crippen LogP contribution in [-0.2, 0) is 11.2 Å². The second-order valence-corrected chi connectivity index (χ2v) is 5.30. The van der Waals surface area contributed by atoms with E-state index in [1.807, 2.05) is 31.3 Å². The van der Waals surface area contributed by atoms with Gasteiger partial charge >= 0.3 is 5.97 Å². The van der Waals surface area contributed by atoms with Gasteiger partial charge in [-0.3, -0.25) is 4.79 Å². The van der Waals surface area contributed by atoms with Crippen LogP contribution >= 0.6 is 0 Å². The summed E-state index contributed by atoms with van der Waals surface area (Å²) in [6, 6.07) is 5.77. The molecule has 0 amide bonds. The molecule has 1 aromatic heterocycles. The molecule has 0 fully saturated rings. The van der Waals surface area contributed by atoms with Crippen molar-refractivity contribution in [3.8, 4) is 5.75 Å². The molecule has 20 heavy (non-hydrogen) atoms. The van der Waals surface area contributed by atoms with Crippen molar-refractivity contribution < 1.29 is 9.53 Å². The number of aromatic amines is 1. The van der Waals surface area contributed by atoms with Crippen LogP contribution < -0.4 is 4.74 Å². The predicted molar refractivity (Wildman–Crippen MR) is 81.1 cm³/mol. The lowest BCUT2D eigenvalue weighted by Crippen LogP contribution is -2.14. The minimum Gasteiger partial charge on any atom is -0.426 e. The zero-order valence-electron chi connectivity index (χ0n) is 12.4. The van der Waals surface area contributed by atoms with Crippen LogP contribution in [0.5, 0.6) is 5.75 Å². The fourth-order valence-corrected chi connectivity index (χ4v) is 2.17. The minimum atomic E-state index is -0.175. The zero-order chi connectivity index (χ0) is 14.5. The van der Waals surface area contributed by atoms with E-state index < -0.39 is 0 Å². The van der Waals surface area contributed by atoms with E-state index in [4.69, 9.17) is 4.74 Å². The molecular weight excluding hydrogens is 252 g/mol. The summed E-state index contributed by atoms with van der Waals surface area (Å²) in [6.45, 7) is 2.98. The van der Waals surface area contributed by atoms with E-state index in [0.29, 0.717) is 12.2 Å². The van der Waals surface area contributed by atoms with E-state index in [-0.39, 0.29) is 5.97 Å². The van der Waals surface area contributed by atoms with Crippen LogP contribution in [0.3, 0.4) is 0 Å². The summed E-state index contributed by atoms with van der Waals surface area (Å²) in [4.78, 5) is 16.9. The number of fused-ring (bicyclic) bond motifs is 1. The summed E-state index contributed by atoms with van der Waals surface area (Å²) < 4.78 is 5.30. The summed E-state index contributed by atoms with van der Waals surface area (Å²) in [5.74, 6) is 0.434. The first-order valence-electron chi connectivity index (χ1n) is 7.05. The predicted octanol–water partition coefficient (Wildman–Crippen LogP) is 2.98. The number of esters is 1. The Morgan fingerprint density at radius 3 is 2.85 bits per heavy atom. The van der Waals surface area contributed by atoms with E-state index in [0.717, 1.165) is 24.9 Å². The first-order chi connectivity index (χ1) is 9.60. The molecule has 1 N–H and O–H groups in total. The topological polar surface area (TPSA) is 45.3 Å². The summed E-state index contributed by atoms with van der Waals surface area (Å²) in [7, 11) is 4.14. The number of likely N-dealkylation sites (N-methyl/N-ethyl adjacent to an activating group) is 1. The van der Waals surface area contributed by atoms with Crippen LogP contribution in [0.1, 0.15) is 25.3 Å². The molecule has 0 aliphatic heterocycles. The van der Waals surface area contributed by atoms with Crippen molar-refractivity contribution in [2.24, 2.45) is 0 Å². The molecule has 1 heterocycles. The molecule has 2 rings (SSSR count). The lowest BCUT2D eigenvalue weighted by Gasteiger charge is -2.08. The van der Waals surface area contributed by atoms with Crippen molar-refractivity contribution in [3.05, 3.63) is 30.0 Å². The van der Waals surface area contributed by atoms with Gasteiger partial charge in [-0.15, -0.1) is 0 Å². The largest absolute Gasteiger partial charge is 0.426 e. The molecule has 2 aromatic rings. The Bertz CT molecular complexity index is 587. The third-order valence-electron chi connectivity index (χ3n) is 3.25. The highest BCUT2D eigenvalue weighted by molar-refractivity contribution is 5.85. The number of nitrogens with one attached hydrogen (secondary N) is 1. The summed E-state index contributed by atoms with van der Waals surface area (Å²) in [5, 5.41) is 1.20. The van der Waals surface area contributed by atoms with Crippen LogP contribution in [0.4, 0.5) is 0 Å². The van der Waals surface area contributed by atoms with Crippen molar-refractivity contribution in [1.29, 1.82) is 0 Å². The SMILES string of the molecule is CCCC(=O)Oc1ccc2c(CCN(C)C)c[nH]c2c1. The van der Waals surface area contributed by atoms with Gasteiger partial charge in [0.2, 0.25) is 0 Å². The van der Waals surface area contributed by atoms with Crippen LogP contribution in [0, 0.1) is 0 Å². The first kappa shape index (κ1) is 14.6. The number of carbonyl (C=O) groups excluding carboxylic acids is 1. The van der Waals surface area contributed by atoms with Gasteiger partial charge in [-0.1, -0.05) is 6.92 Å². The molecule has 0 saturated heterocycles. The number of ether oxygens (including phenoxy) is 1. The molecule has 0 radical (unpaired) electrons. The lowest BCUT2D eigenvalue weighted by molar-refractivity contribution is -0.134. The minimum absolute atomic E-state index is 0.175. The van der Waals surface area contributed by atoms with Gasteiger partial charge in [0.25, 0.3) is 0 Å². The van der Waals surface area contributed by atoms with Crippen molar-refractivity contribution in [2.45, 2.75) is 26.2 Å². The lowest BCUT2D eigenvalue weighted by atomic mass is 10.1. The number of H-pyrrole nitrogens is 1. The van der Waals surface area contributed by atoms with Crippen molar-refractivity contribution in [1.82, 2.24) is 9.88 Å².